The summed E-state index contributed by atoms with van der Waals surface area (Å²) in [5, 5.41) is 0. The fourth-order valence-electron chi connectivity index (χ4n) is 2.52. The number of halogens is 2. The average Bonchev–Trinajstić information content (AvgIpc) is 2.46. The smallest absolute Gasteiger partial charge is 0.321 e. The predicted molar refractivity (Wildman–Crippen MR) is 78.2 cm³/mol. The molecular formula is C14H20F2N4O2. The second-order valence-corrected chi connectivity index (χ2v) is 5.40. The number of nitrogens with one attached hydrogen (secondary N) is 1. The van der Waals surface area contributed by atoms with Crippen LogP contribution in [0.25, 0.3) is 0 Å². The van der Waals surface area contributed by atoms with Crippen molar-refractivity contribution < 1.29 is 13.6 Å². The van der Waals surface area contributed by atoms with Gasteiger partial charge in [-0.1, -0.05) is 26.2 Å². The maximum absolute atomic E-state index is 12.7. The largest absolute Gasteiger partial charge is 0.324 e. The molecule has 0 unspecified atom stereocenters. The molecule has 22 heavy (non-hydrogen) atoms. The number of anilines is 1. The zero-order valence-corrected chi connectivity index (χ0v) is 12.7. The summed E-state index contributed by atoms with van der Waals surface area (Å²) in [7, 11) is 1.56. The first-order valence-corrected chi connectivity index (χ1v) is 7.39. The quantitative estimate of drug-likeness (QED) is 0.821. The Hall–Kier alpha value is -1.99. The first-order chi connectivity index (χ1) is 10.5. The molecule has 1 N–H and O–H groups in total. The summed E-state index contributed by atoms with van der Waals surface area (Å²) in [6.45, 7) is 2.52. The van der Waals surface area contributed by atoms with Crippen LogP contribution in [0, 0.1) is 0 Å². The number of nitrogens with zero attached hydrogens (tertiary/aromatic N) is 3. The van der Waals surface area contributed by atoms with Gasteiger partial charge in [0.2, 0.25) is 0 Å². The molecule has 0 saturated heterocycles. The highest BCUT2D eigenvalue weighted by Crippen LogP contribution is 2.25. The molecule has 1 aromatic heterocycles. The summed E-state index contributed by atoms with van der Waals surface area (Å²) in [4.78, 5) is 33.0. The average molecular weight is 314 g/mol. The normalized spacial score (nSPS) is 14.7. The summed E-state index contributed by atoms with van der Waals surface area (Å²) in [6.07, 6.45) is 0.954. The number of aromatic nitrogens is 2. The highest BCUT2D eigenvalue weighted by molar-refractivity contribution is 5.94. The number of carbonyl (C=O) groups is 1. The Labute approximate surface area is 127 Å². The minimum Gasteiger partial charge on any atom is -0.321 e. The van der Waals surface area contributed by atoms with Gasteiger partial charge in [-0.15, -0.1) is 0 Å². The van der Waals surface area contributed by atoms with Gasteiger partial charge in [0, 0.05) is 13.6 Å². The van der Waals surface area contributed by atoms with Crippen LogP contribution in [-0.2, 0) is 6.54 Å². The molecule has 2 amide bonds. The van der Waals surface area contributed by atoms with E-state index in [9.17, 15) is 18.4 Å². The molecule has 8 heteroatoms. The minimum absolute atomic E-state index is 0.0588. The van der Waals surface area contributed by atoms with E-state index in [-0.39, 0.29) is 24.0 Å². The highest BCUT2D eigenvalue weighted by Gasteiger charge is 2.32. The van der Waals surface area contributed by atoms with Gasteiger partial charge in [-0.25, -0.2) is 18.6 Å². The molecule has 0 fully saturated rings. The molecule has 2 heterocycles. The van der Waals surface area contributed by atoms with Crippen LogP contribution in [0.3, 0.4) is 0 Å². The maximum Gasteiger partial charge on any atom is 0.324 e. The van der Waals surface area contributed by atoms with Gasteiger partial charge in [0.25, 0.3) is 12.0 Å². The van der Waals surface area contributed by atoms with E-state index in [1.165, 1.54) is 9.80 Å². The topological polar surface area (TPSA) is 69.3 Å². The number of unbranched alkanes of at least 4 members (excludes halogenated alkanes) is 3. The molecule has 0 aromatic carbocycles. The number of fused-ring (bicyclic) bond motifs is 1. The van der Waals surface area contributed by atoms with Crippen molar-refractivity contribution in [2.75, 3.05) is 18.5 Å². The lowest BCUT2D eigenvalue weighted by Crippen LogP contribution is -2.48. The number of hydrogen-bond acceptors (Lipinski definition) is 3. The third kappa shape index (κ3) is 3.26. The second-order valence-electron chi connectivity index (χ2n) is 5.40. The van der Waals surface area contributed by atoms with Crippen molar-refractivity contribution in [2.24, 2.45) is 0 Å². The van der Waals surface area contributed by atoms with Gasteiger partial charge in [-0.2, -0.15) is 0 Å². The number of amides is 2. The lowest BCUT2D eigenvalue weighted by molar-refractivity contribution is 0.139. The van der Waals surface area contributed by atoms with Gasteiger partial charge in [0.05, 0.1) is 12.2 Å². The number of carbonyl (C=O) groups excluding carboxylic acids is 1. The Bertz CT molecular complexity index is 603. The Morgan fingerprint density at radius 1 is 1.27 bits per heavy atom. The number of rotatable bonds is 6. The SMILES string of the molecule is CCCCCCN1C(=O)N(C)Cc2nc(C(F)F)[nH]c(=O)c21. The van der Waals surface area contributed by atoms with E-state index in [0.29, 0.717) is 6.54 Å². The molecule has 2 rings (SSSR count). The monoisotopic (exact) mass is 314 g/mol. The fraction of sp³-hybridized carbons (Fsp3) is 0.643. The Morgan fingerprint density at radius 3 is 2.64 bits per heavy atom. The van der Waals surface area contributed by atoms with E-state index in [2.05, 4.69) is 16.9 Å². The van der Waals surface area contributed by atoms with Gasteiger partial charge in [0.1, 0.15) is 5.69 Å². The number of urea groups is 1. The second kappa shape index (κ2) is 6.85. The molecule has 1 aromatic rings. The predicted octanol–water partition coefficient (Wildman–Crippen LogP) is 2.66. The van der Waals surface area contributed by atoms with Crippen LogP contribution in [-0.4, -0.2) is 34.5 Å². The molecule has 6 nitrogen and oxygen atoms in total. The first-order valence-electron chi connectivity index (χ1n) is 7.39. The van der Waals surface area contributed by atoms with Crippen LogP contribution in [0.5, 0.6) is 0 Å². The molecule has 1 aliphatic heterocycles. The first kappa shape index (κ1) is 16.4. The van der Waals surface area contributed by atoms with Crippen molar-refractivity contribution in [1.29, 1.82) is 0 Å². The van der Waals surface area contributed by atoms with Gasteiger partial charge in [0.15, 0.2) is 5.82 Å². The molecule has 0 spiro atoms. The number of alkyl halides is 2. The lowest BCUT2D eigenvalue weighted by atomic mass is 10.1. The summed E-state index contributed by atoms with van der Waals surface area (Å²) in [5.74, 6) is -0.655. The molecule has 0 atom stereocenters. The minimum atomic E-state index is -2.85. The van der Waals surface area contributed by atoms with Crippen LogP contribution in [0.2, 0.25) is 0 Å². The van der Waals surface area contributed by atoms with E-state index in [4.69, 9.17) is 0 Å². The van der Waals surface area contributed by atoms with Gasteiger partial charge in [-0.3, -0.25) is 9.69 Å². The summed E-state index contributed by atoms with van der Waals surface area (Å²) in [5.41, 5.74) is -0.363. The molecular weight excluding hydrogens is 294 g/mol. The third-order valence-electron chi connectivity index (χ3n) is 3.64. The molecule has 0 bridgehead atoms. The number of H-pyrrole nitrogens is 1. The van der Waals surface area contributed by atoms with Crippen LogP contribution >= 0.6 is 0 Å². The standard InChI is InChI=1S/C14H20F2N4O2/c1-3-4-5-6-7-20-10-9(8-19(2)14(20)22)17-12(11(15)16)18-13(10)21/h11H,3-8H2,1-2H3,(H,17,18,21). The molecule has 1 aliphatic rings. The molecule has 0 radical (unpaired) electrons. The number of aromatic amines is 1. The Morgan fingerprint density at radius 2 is 2.00 bits per heavy atom. The van der Waals surface area contributed by atoms with E-state index >= 15 is 0 Å². The van der Waals surface area contributed by atoms with E-state index in [1.54, 1.807) is 7.05 Å². The van der Waals surface area contributed by atoms with Crippen LogP contribution in [0.1, 0.15) is 50.6 Å². The van der Waals surface area contributed by atoms with Crippen LogP contribution in [0.15, 0.2) is 4.79 Å². The lowest BCUT2D eigenvalue weighted by Gasteiger charge is -2.33. The molecule has 0 aliphatic carbocycles. The van der Waals surface area contributed by atoms with E-state index in [0.717, 1.165) is 25.7 Å². The van der Waals surface area contributed by atoms with Crippen molar-refractivity contribution in [1.82, 2.24) is 14.9 Å². The highest BCUT2D eigenvalue weighted by atomic mass is 19.3. The molecule has 0 saturated carbocycles. The summed E-state index contributed by atoms with van der Waals surface area (Å²) in [6, 6.07) is -0.305. The molecule has 122 valence electrons. The van der Waals surface area contributed by atoms with Crippen molar-refractivity contribution >= 4 is 11.7 Å². The van der Waals surface area contributed by atoms with E-state index in [1.807, 2.05) is 0 Å². The van der Waals surface area contributed by atoms with Crippen molar-refractivity contribution in [2.45, 2.75) is 45.6 Å². The summed E-state index contributed by atoms with van der Waals surface area (Å²) < 4.78 is 25.5. The summed E-state index contributed by atoms with van der Waals surface area (Å²) >= 11 is 0. The third-order valence-corrected chi connectivity index (χ3v) is 3.64. The van der Waals surface area contributed by atoms with E-state index < -0.39 is 17.8 Å². The fourth-order valence-corrected chi connectivity index (χ4v) is 2.52. The van der Waals surface area contributed by atoms with Crippen molar-refractivity contribution in [3.63, 3.8) is 0 Å². The van der Waals surface area contributed by atoms with Crippen molar-refractivity contribution in [3.05, 3.63) is 21.9 Å². The zero-order chi connectivity index (χ0) is 16.3. The van der Waals surface area contributed by atoms with Gasteiger partial charge < -0.3 is 9.88 Å². The van der Waals surface area contributed by atoms with Crippen molar-refractivity contribution in [3.8, 4) is 0 Å². The zero-order valence-electron chi connectivity index (χ0n) is 12.7. The maximum atomic E-state index is 12.7. The van der Waals surface area contributed by atoms with Gasteiger partial charge in [-0.05, 0) is 6.42 Å². The van der Waals surface area contributed by atoms with Crippen LogP contribution < -0.4 is 10.5 Å². The van der Waals surface area contributed by atoms with Crippen LogP contribution in [0.4, 0.5) is 19.3 Å². The van der Waals surface area contributed by atoms with Gasteiger partial charge >= 0.3 is 6.03 Å². The Balaban J connectivity index is 2.32. The Kier molecular flexibility index (Phi) is 5.10. The number of hydrogen-bond donors (Lipinski definition) is 1.